The molecular formula is C12H14N4OS. The lowest BCUT2D eigenvalue weighted by Crippen LogP contribution is -2.35. The average molecular weight is 262 g/mol. The van der Waals surface area contributed by atoms with Crippen LogP contribution in [0.5, 0.6) is 0 Å². The van der Waals surface area contributed by atoms with E-state index in [1.54, 1.807) is 11.3 Å². The largest absolute Gasteiger partial charge is 0.310 e. The number of H-pyrrole nitrogens is 1. The van der Waals surface area contributed by atoms with E-state index in [0.29, 0.717) is 12.4 Å². The van der Waals surface area contributed by atoms with Crippen molar-refractivity contribution in [3.05, 3.63) is 44.0 Å². The van der Waals surface area contributed by atoms with Crippen LogP contribution in [-0.2, 0) is 19.5 Å². The summed E-state index contributed by atoms with van der Waals surface area (Å²) in [5, 5.41) is 3.07. The van der Waals surface area contributed by atoms with Crippen LogP contribution >= 0.6 is 11.3 Å². The highest BCUT2D eigenvalue weighted by Gasteiger charge is 2.21. The average Bonchev–Trinajstić information content (AvgIpc) is 2.83. The summed E-state index contributed by atoms with van der Waals surface area (Å²) < 4.78 is 0. The predicted molar refractivity (Wildman–Crippen MR) is 69.5 cm³/mol. The van der Waals surface area contributed by atoms with Crippen molar-refractivity contribution in [1.29, 1.82) is 0 Å². The normalized spacial score (nSPS) is 15.6. The summed E-state index contributed by atoms with van der Waals surface area (Å²) in [6, 6.07) is 0. The van der Waals surface area contributed by atoms with E-state index in [-0.39, 0.29) is 5.56 Å². The minimum absolute atomic E-state index is 0.00124. The quantitative estimate of drug-likeness (QED) is 0.880. The summed E-state index contributed by atoms with van der Waals surface area (Å²) in [6.07, 6.45) is 2.65. The van der Waals surface area contributed by atoms with Gasteiger partial charge in [0.05, 0.1) is 17.8 Å². The van der Waals surface area contributed by atoms with E-state index in [0.717, 1.165) is 35.8 Å². The van der Waals surface area contributed by atoms with Gasteiger partial charge in [-0.15, -0.1) is 11.3 Å². The number of aryl methyl sites for hydroxylation is 1. The first kappa shape index (κ1) is 11.6. The molecule has 0 spiro atoms. The van der Waals surface area contributed by atoms with Crippen LogP contribution in [0.3, 0.4) is 0 Å². The van der Waals surface area contributed by atoms with Gasteiger partial charge < -0.3 is 4.98 Å². The van der Waals surface area contributed by atoms with E-state index >= 15 is 0 Å². The lowest BCUT2D eigenvalue weighted by atomic mass is 10.1. The number of hydrogen-bond donors (Lipinski definition) is 1. The fourth-order valence-electron chi connectivity index (χ4n) is 2.26. The predicted octanol–water partition coefficient (Wildman–Crippen LogP) is 1.09. The van der Waals surface area contributed by atoms with Gasteiger partial charge in [-0.25, -0.2) is 9.97 Å². The van der Waals surface area contributed by atoms with Gasteiger partial charge >= 0.3 is 0 Å². The number of aromatic nitrogens is 3. The first-order chi connectivity index (χ1) is 8.72. The second kappa shape index (κ2) is 4.62. The van der Waals surface area contributed by atoms with Gasteiger partial charge in [-0.3, -0.25) is 9.69 Å². The van der Waals surface area contributed by atoms with Crippen LogP contribution in [0.1, 0.15) is 22.1 Å². The van der Waals surface area contributed by atoms with Gasteiger partial charge in [0, 0.05) is 31.1 Å². The van der Waals surface area contributed by atoms with Crippen molar-refractivity contribution in [3.63, 3.8) is 0 Å². The molecule has 2 aromatic heterocycles. The minimum Gasteiger partial charge on any atom is -0.310 e. The molecule has 3 heterocycles. The summed E-state index contributed by atoms with van der Waals surface area (Å²) in [4.78, 5) is 25.6. The first-order valence-electron chi connectivity index (χ1n) is 5.92. The minimum atomic E-state index is 0.00124. The fourth-order valence-corrected chi connectivity index (χ4v) is 2.92. The monoisotopic (exact) mass is 262 g/mol. The molecule has 0 radical (unpaired) electrons. The summed E-state index contributed by atoms with van der Waals surface area (Å²) in [6.45, 7) is 4.23. The van der Waals surface area contributed by atoms with Gasteiger partial charge in [0.1, 0.15) is 10.8 Å². The van der Waals surface area contributed by atoms with E-state index < -0.39 is 0 Å². The molecule has 0 aromatic carbocycles. The van der Waals surface area contributed by atoms with E-state index in [1.807, 2.05) is 18.5 Å². The third kappa shape index (κ3) is 2.21. The Hall–Kier alpha value is -1.53. The van der Waals surface area contributed by atoms with Crippen LogP contribution in [0.2, 0.25) is 0 Å². The van der Waals surface area contributed by atoms with Crippen molar-refractivity contribution in [1.82, 2.24) is 19.9 Å². The van der Waals surface area contributed by atoms with Gasteiger partial charge in [0.25, 0.3) is 5.56 Å². The summed E-state index contributed by atoms with van der Waals surface area (Å²) in [5.74, 6) is 0.701. The highest BCUT2D eigenvalue weighted by atomic mass is 32.1. The molecular weight excluding hydrogens is 248 g/mol. The Morgan fingerprint density at radius 3 is 3.22 bits per heavy atom. The van der Waals surface area contributed by atoms with E-state index in [9.17, 15) is 4.79 Å². The molecule has 0 saturated carbocycles. The summed E-state index contributed by atoms with van der Waals surface area (Å²) in [5.41, 5.74) is 1.76. The molecule has 0 fully saturated rings. The molecule has 0 aliphatic carbocycles. The van der Waals surface area contributed by atoms with Crippen molar-refractivity contribution in [2.75, 3.05) is 6.54 Å². The highest BCUT2D eigenvalue weighted by Crippen LogP contribution is 2.17. The van der Waals surface area contributed by atoms with Gasteiger partial charge in [0.2, 0.25) is 0 Å². The standard InChI is InChI=1S/C12H14N4OS/c1-8-14-10-2-4-16(6-9(10)12(17)15-8)7-11-13-3-5-18-11/h3,5H,2,4,6-7H2,1H3,(H,14,15,17). The second-order valence-corrected chi connectivity index (χ2v) is 5.44. The first-order valence-corrected chi connectivity index (χ1v) is 6.80. The van der Waals surface area contributed by atoms with Crippen LogP contribution in [0, 0.1) is 6.92 Å². The zero-order valence-corrected chi connectivity index (χ0v) is 11.0. The molecule has 0 atom stereocenters. The van der Waals surface area contributed by atoms with Crippen LogP contribution in [0.25, 0.3) is 0 Å². The van der Waals surface area contributed by atoms with E-state index in [1.165, 1.54) is 0 Å². The second-order valence-electron chi connectivity index (χ2n) is 4.46. The van der Waals surface area contributed by atoms with Gasteiger partial charge in [-0.05, 0) is 6.92 Å². The number of nitrogens with zero attached hydrogens (tertiary/aromatic N) is 3. The SMILES string of the molecule is Cc1nc2c(c(=O)[nH]1)CN(Cc1nccs1)CC2. The third-order valence-corrected chi connectivity index (χ3v) is 3.87. The Labute approximate surface area is 109 Å². The molecule has 94 valence electrons. The maximum absolute atomic E-state index is 11.9. The smallest absolute Gasteiger partial charge is 0.255 e. The van der Waals surface area contributed by atoms with Crippen molar-refractivity contribution in [2.24, 2.45) is 0 Å². The number of thiazole rings is 1. The molecule has 18 heavy (non-hydrogen) atoms. The number of nitrogens with one attached hydrogen (secondary N) is 1. The van der Waals surface area contributed by atoms with Crippen LogP contribution in [0.15, 0.2) is 16.4 Å². The lowest BCUT2D eigenvalue weighted by Gasteiger charge is -2.26. The molecule has 0 unspecified atom stereocenters. The molecule has 0 saturated heterocycles. The molecule has 0 bridgehead atoms. The summed E-state index contributed by atoms with van der Waals surface area (Å²) in [7, 11) is 0. The highest BCUT2D eigenvalue weighted by molar-refractivity contribution is 7.09. The zero-order chi connectivity index (χ0) is 12.5. The number of aromatic amines is 1. The lowest BCUT2D eigenvalue weighted by molar-refractivity contribution is 0.241. The van der Waals surface area contributed by atoms with Gasteiger partial charge in [-0.1, -0.05) is 0 Å². The van der Waals surface area contributed by atoms with Crippen LogP contribution in [0.4, 0.5) is 0 Å². The summed E-state index contributed by atoms with van der Waals surface area (Å²) >= 11 is 1.65. The number of rotatable bonds is 2. The Kier molecular flexibility index (Phi) is 2.97. The van der Waals surface area contributed by atoms with E-state index in [2.05, 4.69) is 19.9 Å². The Morgan fingerprint density at radius 1 is 1.56 bits per heavy atom. The molecule has 1 N–H and O–H groups in total. The maximum Gasteiger partial charge on any atom is 0.255 e. The molecule has 0 amide bonds. The van der Waals surface area contributed by atoms with Gasteiger partial charge in [0.15, 0.2) is 0 Å². The molecule has 5 nitrogen and oxygen atoms in total. The van der Waals surface area contributed by atoms with Crippen LogP contribution in [-0.4, -0.2) is 26.4 Å². The Morgan fingerprint density at radius 2 is 2.44 bits per heavy atom. The Bertz CT molecular complexity index is 605. The third-order valence-electron chi connectivity index (χ3n) is 3.11. The molecule has 1 aliphatic rings. The number of fused-ring (bicyclic) bond motifs is 1. The molecule has 2 aromatic rings. The molecule has 3 rings (SSSR count). The molecule has 1 aliphatic heterocycles. The number of hydrogen-bond acceptors (Lipinski definition) is 5. The fraction of sp³-hybridized carbons (Fsp3) is 0.417. The Balaban J connectivity index is 1.83. The van der Waals surface area contributed by atoms with Crippen LogP contribution < -0.4 is 5.56 Å². The van der Waals surface area contributed by atoms with Crippen molar-refractivity contribution in [3.8, 4) is 0 Å². The van der Waals surface area contributed by atoms with Crippen molar-refractivity contribution < 1.29 is 0 Å². The maximum atomic E-state index is 11.9. The van der Waals surface area contributed by atoms with Crippen molar-refractivity contribution >= 4 is 11.3 Å². The van der Waals surface area contributed by atoms with Gasteiger partial charge in [-0.2, -0.15) is 0 Å². The van der Waals surface area contributed by atoms with E-state index in [4.69, 9.17) is 0 Å². The van der Waals surface area contributed by atoms with Crippen molar-refractivity contribution in [2.45, 2.75) is 26.4 Å². The molecule has 6 heteroatoms. The zero-order valence-electron chi connectivity index (χ0n) is 10.1. The topological polar surface area (TPSA) is 61.9 Å².